The van der Waals surface area contributed by atoms with E-state index in [2.05, 4.69) is 16.5 Å². The third-order valence-electron chi connectivity index (χ3n) is 2.76. The third-order valence-corrected chi connectivity index (χ3v) is 3.87. The van der Waals surface area contributed by atoms with E-state index >= 15 is 0 Å². The molecule has 0 aliphatic heterocycles. The van der Waals surface area contributed by atoms with Gasteiger partial charge in [-0.25, -0.2) is 5.84 Å². The van der Waals surface area contributed by atoms with Crippen molar-refractivity contribution in [2.24, 2.45) is 5.84 Å². The Bertz CT molecular complexity index is 613. The highest BCUT2D eigenvalue weighted by molar-refractivity contribution is 7.98. The van der Waals surface area contributed by atoms with Crippen LogP contribution in [0.2, 0.25) is 0 Å². The molecule has 1 amide bonds. The number of nitrogens with zero attached hydrogens (tertiary/aromatic N) is 1. The topological polar surface area (TPSA) is 94.0 Å². The molecule has 0 saturated heterocycles. The molecule has 0 saturated carbocycles. The molecule has 0 radical (unpaired) electrons. The molecule has 0 unspecified atom stereocenters. The lowest BCUT2D eigenvalue weighted by Crippen LogP contribution is -2.30. The van der Waals surface area contributed by atoms with E-state index in [0.717, 1.165) is 16.3 Å². The summed E-state index contributed by atoms with van der Waals surface area (Å²) in [7, 11) is 0. The monoisotopic (exact) mass is 288 g/mol. The van der Waals surface area contributed by atoms with Crippen LogP contribution in [0.15, 0.2) is 41.4 Å². The van der Waals surface area contributed by atoms with E-state index in [4.69, 9.17) is 11.6 Å². The van der Waals surface area contributed by atoms with Gasteiger partial charge >= 0.3 is 0 Å². The molecule has 1 heterocycles. The molecule has 104 valence electrons. The van der Waals surface area contributed by atoms with E-state index < -0.39 is 0 Å². The van der Waals surface area contributed by atoms with Gasteiger partial charge in [-0.05, 0) is 36.8 Å². The number of nitrogens with one attached hydrogen (secondary N) is 1. The van der Waals surface area contributed by atoms with Gasteiger partial charge in [-0.3, -0.25) is 15.2 Å². The quantitative estimate of drug-likeness (QED) is 0.262. The first kappa shape index (κ1) is 14.4. The van der Waals surface area contributed by atoms with Crippen LogP contribution in [0.4, 0.5) is 5.69 Å². The maximum absolute atomic E-state index is 11.3. The number of nitrogen functional groups attached to an aromatic ring is 2. The molecule has 20 heavy (non-hydrogen) atoms. The van der Waals surface area contributed by atoms with Crippen molar-refractivity contribution in [3.63, 3.8) is 0 Å². The van der Waals surface area contributed by atoms with Gasteiger partial charge in [0, 0.05) is 22.5 Å². The minimum atomic E-state index is -0.348. The van der Waals surface area contributed by atoms with Crippen molar-refractivity contribution < 1.29 is 4.79 Å². The number of nitrogens with two attached hydrogens (primary N) is 2. The zero-order valence-electron chi connectivity index (χ0n) is 11.1. The highest BCUT2D eigenvalue weighted by Gasteiger charge is 2.05. The fourth-order valence-electron chi connectivity index (χ4n) is 1.65. The second-order valence-electron chi connectivity index (χ2n) is 4.34. The highest BCUT2D eigenvalue weighted by atomic mass is 32.2. The smallest absolute Gasteiger partial charge is 0.266 e. The zero-order valence-corrected chi connectivity index (χ0v) is 11.9. The summed E-state index contributed by atoms with van der Waals surface area (Å²) in [5.41, 5.74) is 11.3. The Hall–Kier alpha value is -2.05. The number of aryl methyl sites for hydroxylation is 1. The van der Waals surface area contributed by atoms with Crippen LogP contribution in [0.1, 0.15) is 21.6 Å². The molecule has 5 N–H and O–H groups in total. The second-order valence-corrected chi connectivity index (χ2v) is 5.36. The van der Waals surface area contributed by atoms with Gasteiger partial charge in [0.2, 0.25) is 0 Å². The summed E-state index contributed by atoms with van der Waals surface area (Å²) in [5, 5.41) is 0. The van der Waals surface area contributed by atoms with Gasteiger partial charge in [-0.15, -0.1) is 11.8 Å². The van der Waals surface area contributed by atoms with Crippen LogP contribution in [0, 0.1) is 6.92 Å². The lowest BCUT2D eigenvalue weighted by atomic mass is 10.2. The Morgan fingerprint density at radius 3 is 2.80 bits per heavy atom. The largest absolute Gasteiger partial charge is 0.398 e. The van der Waals surface area contributed by atoms with Crippen LogP contribution < -0.4 is 17.0 Å². The molecule has 2 rings (SSSR count). The van der Waals surface area contributed by atoms with Gasteiger partial charge in [-0.2, -0.15) is 0 Å². The molecular formula is C14H16N4OS. The fourth-order valence-corrected chi connectivity index (χ4v) is 2.62. The van der Waals surface area contributed by atoms with Crippen molar-refractivity contribution in [3.8, 4) is 0 Å². The van der Waals surface area contributed by atoms with Gasteiger partial charge in [0.05, 0.1) is 11.3 Å². The van der Waals surface area contributed by atoms with E-state index in [1.807, 2.05) is 25.1 Å². The summed E-state index contributed by atoms with van der Waals surface area (Å²) in [6, 6.07) is 9.45. The molecule has 0 spiro atoms. The highest BCUT2D eigenvalue weighted by Crippen LogP contribution is 2.28. The van der Waals surface area contributed by atoms with Crippen LogP contribution in [0.5, 0.6) is 0 Å². The van der Waals surface area contributed by atoms with Crippen LogP contribution in [-0.2, 0) is 5.75 Å². The van der Waals surface area contributed by atoms with Gasteiger partial charge < -0.3 is 5.73 Å². The molecule has 1 aromatic carbocycles. The molecule has 5 nitrogen and oxygen atoms in total. The number of pyridine rings is 1. The molecule has 0 bridgehead atoms. The Kier molecular flexibility index (Phi) is 4.60. The van der Waals surface area contributed by atoms with Crippen molar-refractivity contribution in [2.75, 3.05) is 5.73 Å². The number of hydrazine groups is 1. The lowest BCUT2D eigenvalue weighted by Gasteiger charge is -2.06. The first-order chi connectivity index (χ1) is 9.60. The average molecular weight is 288 g/mol. The van der Waals surface area contributed by atoms with Crippen molar-refractivity contribution in [3.05, 3.63) is 53.3 Å². The normalized spacial score (nSPS) is 10.3. The maximum Gasteiger partial charge on any atom is 0.266 e. The molecule has 1 aromatic heterocycles. The zero-order chi connectivity index (χ0) is 14.5. The summed E-state index contributed by atoms with van der Waals surface area (Å²) in [6.07, 6.45) is 1.51. The van der Waals surface area contributed by atoms with Crippen molar-refractivity contribution in [1.82, 2.24) is 10.4 Å². The number of benzene rings is 1. The van der Waals surface area contributed by atoms with Gasteiger partial charge in [-0.1, -0.05) is 6.07 Å². The fraction of sp³-hybridized carbons (Fsp3) is 0.143. The predicted octanol–water partition coefficient (Wildman–Crippen LogP) is 1.87. The molecular weight excluding hydrogens is 272 g/mol. The number of anilines is 1. The minimum Gasteiger partial charge on any atom is -0.398 e. The first-order valence-corrected chi connectivity index (χ1v) is 7.03. The number of hydrogen-bond acceptors (Lipinski definition) is 5. The van der Waals surface area contributed by atoms with E-state index in [0.29, 0.717) is 11.3 Å². The number of hydrogen-bond donors (Lipinski definition) is 3. The lowest BCUT2D eigenvalue weighted by molar-refractivity contribution is 0.0953. The number of carbonyl (C=O) groups is 1. The Labute approximate surface area is 121 Å². The van der Waals surface area contributed by atoms with E-state index in [-0.39, 0.29) is 5.91 Å². The van der Waals surface area contributed by atoms with Crippen LogP contribution in [0.3, 0.4) is 0 Å². The Morgan fingerprint density at radius 2 is 2.15 bits per heavy atom. The second kappa shape index (κ2) is 6.40. The Morgan fingerprint density at radius 1 is 1.35 bits per heavy atom. The van der Waals surface area contributed by atoms with E-state index in [9.17, 15) is 4.79 Å². The van der Waals surface area contributed by atoms with Gasteiger partial charge in [0.1, 0.15) is 0 Å². The number of rotatable bonds is 4. The number of thioether (sulfide) groups is 1. The number of amides is 1. The average Bonchev–Trinajstić information content (AvgIpc) is 2.48. The summed E-state index contributed by atoms with van der Waals surface area (Å²) in [4.78, 5) is 16.6. The number of carbonyl (C=O) groups excluding carboxylic acids is 1. The summed E-state index contributed by atoms with van der Waals surface area (Å²) in [5.74, 6) is 5.41. The van der Waals surface area contributed by atoms with Crippen LogP contribution in [-0.4, -0.2) is 10.9 Å². The Balaban J connectivity index is 2.04. The van der Waals surface area contributed by atoms with Gasteiger partial charge in [0.15, 0.2) is 0 Å². The third kappa shape index (κ3) is 3.49. The van der Waals surface area contributed by atoms with E-state index in [1.165, 1.54) is 11.8 Å². The van der Waals surface area contributed by atoms with Crippen molar-refractivity contribution >= 4 is 23.4 Å². The first-order valence-electron chi connectivity index (χ1n) is 6.05. The summed E-state index contributed by atoms with van der Waals surface area (Å²) in [6.45, 7) is 2.03. The molecule has 2 aromatic rings. The summed E-state index contributed by atoms with van der Waals surface area (Å²) >= 11 is 1.62. The standard InChI is InChI=1S/C14H16N4OS/c1-9-2-5-12(15)13(6-9)20-8-11-4-3-10(7-17-11)14(19)18-16/h2-7H,8,15-16H2,1H3,(H,18,19). The van der Waals surface area contributed by atoms with Crippen molar-refractivity contribution in [1.29, 1.82) is 0 Å². The van der Waals surface area contributed by atoms with Gasteiger partial charge in [0.25, 0.3) is 5.91 Å². The van der Waals surface area contributed by atoms with Crippen molar-refractivity contribution in [2.45, 2.75) is 17.6 Å². The molecule has 0 fully saturated rings. The number of aromatic nitrogens is 1. The summed E-state index contributed by atoms with van der Waals surface area (Å²) < 4.78 is 0. The predicted molar refractivity (Wildman–Crippen MR) is 81.0 cm³/mol. The molecule has 6 heteroatoms. The molecule has 0 aliphatic rings. The molecule has 0 atom stereocenters. The maximum atomic E-state index is 11.3. The molecule has 0 aliphatic carbocycles. The SMILES string of the molecule is Cc1ccc(N)c(SCc2ccc(C(=O)NN)cn2)c1. The van der Waals surface area contributed by atoms with Crippen LogP contribution >= 0.6 is 11.8 Å². The van der Waals surface area contributed by atoms with Crippen LogP contribution in [0.25, 0.3) is 0 Å². The van der Waals surface area contributed by atoms with E-state index in [1.54, 1.807) is 17.8 Å². The minimum absolute atomic E-state index is 0.348.